The number of imide groups is 1. The lowest BCUT2D eigenvalue weighted by Crippen LogP contribution is -2.38. The molecule has 2 amide bonds. The lowest BCUT2D eigenvalue weighted by molar-refractivity contribution is 0.140. The highest BCUT2D eigenvalue weighted by molar-refractivity contribution is 7.22. The van der Waals surface area contributed by atoms with Gasteiger partial charge >= 0.3 is 12.2 Å². The number of halogens is 3. The summed E-state index contributed by atoms with van der Waals surface area (Å²) in [4.78, 5) is 28.6. The highest BCUT2D eigenvalue weighted by atomic mass is 35.5. The van der Waals surface area contributed by atoms with Crippen LogP contribution in [-0.2, 0) is 9.47 Å². The summed E-state index contributed by atoms with van der Waals surface area (Å²) >= 11 is 12.6. The summed E-state index contributed by atoms with van der Waals surface area (Å²) in [5.41, 5.74) is -0.178. The lowest BCUT2D eigenvalue weighted by atomic mass is 10.2. The highest BCUT2D eigenvalue weighted by Gasteiger charge is 2.32. The number of aromatic nitrogens is 1. The summed E-state index contributed by atoms with van der Waals surface area (Å²) in [6.45, 7) is 3.10. The fraction of sp³-hybridized carbons (Fsp3) is 0.308. The van der Waals surface area contributed by atoms with Crippen LogP contribution in [0.25, 0.3) is 10.2 Å². The van der Waals surface area contributed by atoms with Crippen molar-refractivity contribution in [2.24, 2.45) is 0 Å². The smallest absolute Gasteiger partial charge is 0.424 e. The van der Waals surface area contributed by atoms with Crippen molar-refractivity contribution in [3.63, 3.8) is 0 Å². The van der Waals surface area contributed by atoms with E-state index < -0.39 is 18.0 Å². The summed E-state index contributed by atoms with van der Waals surface area (Å²) in [6.07, 6.45) is -2.14. The number of anilines is 1. The van der Waals surface area contributed by atoms with Crippen LogP contribution in [0, 0.1) is 5.82 Å². The zero-order valence-corrected chi connectivity index (χ0v) is 14.4. The monoisotopic (exact) mass is 380 g/mol. The Balaban J connectivity index is 2.69. The topological polar surface area (TPSA) is 68.7 Å². The zero-order chi connectivity index (χ0) is 17.1. The Morgan fingerprint density at radius 3 is 2.35 bits per heavy atom. The minimum absolute atomic E-state index is 0.00344. The van der Waals surface area contributed by atoms with Crippen LogP contribution >= 0.6 is 34.5 Å². The molecule has 1 aromatic carbocycles. The summed E-state index contributed by atoms with van der Waals surface area (Å²) in [6, 6.07) is 0.945. The Morgan fingerprint density at radius 2 is 1.83 bits per heavy atom. The molecule has 0 unspecified atom stereocenters. The van der Waals surface area contributed by atoms with E-state index in [9.17, 15) is 14.0 Å². The number of amides is 2. The first-order valence-electron chi connectivity index (χ1n) is 6.48. The van der Waals surface area contributed by atoms with Crippen molar-refractivity contribution < 1.29 is 23.5 Å². The number of nitrogens with zero attached hydrogens (tertiary/aromatic N) is 2. The molecule has 0 radical (unpaired) electrons. The molecule has 2 aromatic rings. The van der Waals surface area contributed by atoms with Crippen molar-refractivity contribution in [1.82, 2.24) is 4.98 Å². The van der Waals surface area contributed by atoms with Gasteiger partial charge < -0.3 is 9.47 Å². The van der Waals surface area contributed by atoms with E-state index in [-0.39, 0.29) is 38.6 Å². The van der Waals surface area contributed by atoms with Gasteiger partial charge in [0.1, 0.15) is 11.2 Å². The zero-order valence-electron chi connectivity index (χ0n) is 12.1. The van der Waals surface area contributed by atoms with Crippen LogP contribution in [0.3, 0.4) is 0 Å². The Labute approximate surface area is 144 Å². The van der Waals surface area contributed by atoms with Crippen LogP contribution in [0.2, 0.25) is 9.49 Å². The van der Waals surface area contributed by atoms with Gasteiger partial charge in [0.05, 0.1) is 22.9 Å². The molecular weight excluding hydrogens is 370 g/mol. The van der Waals surface area contributed by atoms with E-state index in [0.717, 1.165) is 17.4 Å². The van der Waals surface area contributed by atoms with E-state index in [1.807, 2.05) is 0 Å². The first kappa shape index (κ1) is 17.7. The third kappa shape index (κ3) is 3.49. The second-order valence-electron chi connectivity index (χ2n) is 4.07. The Kier molecular flexibility index (Phi) is 5.61. The Bertz CT molecular complexity index is 750. The van der Waals surface area contributed by atoms with Crippen LogP contribution < -0.4 is 4.90 Å². The summed E-state index contributed by atoms with van der Waals surface area (Å²) < 4.78 is 24.3. The van der Waals surface area contributed by atoms with E-state index in [1.54, 1.807) is 13.8 Å². The number of thiazole rings is 1. The number of hydrogen-bond donors (Lipinski definition) is 0. The van der Waals surface area contributed by atoms with E-state index in [0.29, 0.717) is 4.90 Å². The van der Waals surface area contributed by atoms with Gasteiger partial charge in [0.15, 0.2) is 10.3 Å². The van der Waals surface area contributed by atoms with Crippen LogP contribution in [0.4, 0.5) is 19.7 Å². The maximum Gasteiger partial charge on any atom is 0.424 e. The van der Waals surface area contributed by atoms with Crippen molar-refractivity contribution in [2.45, 2.75) is 13.8 Å². The molecule has 0 fully saturated rings. The molecule has 0 spiro atoms. The van der Waals surface area contributed by atoms with Gasteiger partial charge in [0.2, 0.25) is 0 Å². The molecule has 1 heterocycles. The fourth-order valence-corrected chi connectivity index (χ4v) is 3.26. The highest BCUT2D eigenvalue weighted by Crippen LogP contribution is 2.40. The maximum atomic E-state index is 14.4. The third-order valence-corrected chi connectivity index (χ3v) is 4.10. The van der Waals surface area contributed by atoms with Gasteiger partial charge in [-0.2, -0.15) is 4.90 Å². The maximum absolute atomic E-state index is 14.4. The predicted octanol–water partition coefficient (Wildman–Crippen LogP) is 4.86. The van der Waals surface area contributed by atoms with E-state index in [2.05, 4.69) is 4.98 Å². The number of carbonyl (C=O) groups is 2. The molecule has 23 heavy (non-hydrogen) atoms. The van der Waals surface area contributed by atoms with Crippen molar-refractivity contribution in [2.75, 3.05) is 18.1 Å². The second-order valence-corrected chi connectivity index (χ2v) is 6.06. The number of hydrogen-bond acceptors (Lipinski definition) is 6. The number of benzene rings is 1. The van der Waals surface area contributed by atoms with Gasteiger partial charge in [0, 0.05) is 0 Å². The molecule has 0 atom stereocenters. The van der Waals surface area contributed by atoms with E-state index >= 15 is 0 Å². The molecule has 124 valence electrons. The Hall–Kier alpha value is -1.64. The van der Waals surface area contributed by atoms with Gasteiger partial charge in [-0.1, -0.05) is 23.2 Å². The Morgan fingerprint density at radius 1 is 1.26 bits per heavy atom. The van der Waals surface area contributed by atoms with Crippen molar-refractivity contribution in [3.05, 3.63) is 21.4 Å². The van der Waals surface area contributed by atoms with E-state index in [1.165, 1.54) is 0 Å². The molecule has 6 nitrogen and oxygen atoms in total. The molecule has 0 saturated heterocycles. The quantitative estimate of drug-likeness (QED) is 0.760. The summed E-state index contributed by atoms with van der Waals surface area (Å²) in [5.74, 6) is -0.899. The SMILES string of the molecule is CCOC(=O)N(C(=O)OCC)c1c(F)cc(Cl)c2nc(Cl)sc12. The van der Waals surface area contributed by atoms with Crippen LogP contribution in [0.5, 0.6) is 0 Å². The van der Waals surface area contributed by atoms with E-state index in [4.69, 9.17) is 32.7 Å². The number of fused-ring (bicyclic) bond motifs is 1. The lowest BCUT2D eigenvalue weighted by Gasteiger charge is -2.20. The molecule has 10 heteroatoms. The standard InChI is InChI=1S/C13H11Cl2FN2O4S/c1-3-21-12(19)18(13(20)22-4-2)9-7(16)5-6(14)8-10(9)23-11(15)17-8/h5H,3-4H2,1-2H3. The predicted molar refractivity (Wildman–Crippen MR) is 86.1 cm³/mol. The third-order valence-electron chi connectivity index (χ3n) is 2.65. The minimum Gasteiger partial charge on any atom is -0.449 e. The second kappa shape index (κ2) is 7.29. The van der Waals surface area contributed by atoms with Gasteiger partial charge in [-0.05, 0) is 19.9 Å². The molecule has 0 bridgehead atoms. The van der Waals surface area contributed by atoms with Gasteiger partial charge in [-0.15, -0.1) is 11.3 Å². The normalized spacial score (nSPS) is 10.7. The van der Waals surface area contributed by atoms with Gasteiger partial charge in [-0.25, -0.2) is 19.0 Å². The molecule has 0 aliphatic rings. The fourth-order valence-electron chi connectivity index (χ4n) is 1.81. The first-order chi connectivity index (χ1) is 10.9. The number of ether oxygens (including phenoxy) is 2. The number of rotatable bonds is 3. The van der Waals surface area contributed by atoms with Crippen LogP contribution in [-0.4, -0.2) is 30.4 Å². The molecule has 1 aromatic heterocycles. The summed E-state index contributed by atoms with van der Waals surface area (Å²) in [5, 5.41) is 0.0112. The molecule has 0 aliphatic carbocycles. The molecular formula is C13H11Cl2FN2O4S. The van der Waals surface area contributed by atoms with Crippen LogP contribution in [0.15, 0.2) is 6.07 Å². The largest absolute Gasteiger partial charge is 0.449 e. The van der Waals surface area contributed by atoms with Crippen molar-refractivity contribution >= 4 is 62.6 Å². The van der Waals surface area contributed by atoms with Crippen molar-refractivity contribution in [1.29, 1.82) is 0 Å². The first-order valence-corrected chi connectivity index (χ1v) is 8.05. The average Bonchev–Trinajstić information content (AvgIpc) is 2.85. The summed E-state index contributed by atoms with van der Waals surface area (Å²) in [7, 11) is 0. The van der Waals surface area contributed by atoms with Crippen molar-refractivity contribution in [3.8, 4) is 0 Å². The number of carbonyl (C=O) groups excluding carboxylic acids is 2. The minimum atomic E-state index is -1.07. The van der Waals surface area contributed by atoms with Crippen LogP contribution in [0.1, 0.15) is 13.8 Å². The van der Waals surface area contributed by atoms with Gasteiger partial charge in [-0.3, -0.25) is 0 Å². The molecule has 0 saturated carbocycles. The molecule has 0 N–H and O–H groups in total. The van der Waals surface area contributed by atoms with Gasteiger partial charge in [0.25, 0.3) is 0 Å². The molecule has 2 rings (SSSR count). The molecule has 0 aliphatic heterocycles. The average molecular weight is 381 g/mol.